The Morgan fingerprint density at radius 2 is 1.71 bits per heavy atom. The Labute approximate surface area is 197 Å². The second-order valence-corrected chi connectivity index (χ2v) is 9.80. The largest absolute Gasteiger partial charge is 0.388 e. The van der Waals surface area contributed by atoms with Gasteiger partial charge in [0.15, 0.2) is 5.69 Å². The third-order valence-electron chi connectivity index (χ3n) is 6.08. The highest BCUT2D eigenvalue weighted by molar-refractivity contribution is 6.06. The first-order chi connectivity index (χ1) is 16.0. The molecule has 0 aliphatic carbocycles. The number of para-hydroxylation sites is 1. The maximum absolute atomic E-state index is 13.4. The summed E-state index contributed by atoms with van der Waals surface area (Å²) in [5.41, 5.74) is 1.12. The SMILES string of the molecule is CC(C)(C)[C@H](NC(=O)c1nn(Cc2ccc(F)cc2)c2ccccc12)C(=O)N1CC(O)[C@H](O)C1. The third kappa shape index (κ3) is 4.80. The Morgan fingerprint density at radius 3 is 2.32 bits per heavy atom. The number of nitrogens with one attached hydrogen (secondary N) is 1. The predicted molar refractivity (Wildman–Crippen MR) is 125 cm³/mol. The molecule has 1 aliphatic rings. The van der Waals surface area contributed by atoms with E-state index in [2.05, 4.69) is 10.4 Å². The number of aliphatic hydroxyl groups excluding tert-OH is 2. The molecule has 8 nitrogen and oxygen atoms in total. The molecular formula is C25H29FN4O4. The van der Waals surface area contributed by atoms with Gasteiger partial charge in [0.2, 0.25) is 5.91 Å². The number of hydrogen-bond acceptors (Lipinski definition) is 5. The number of nitrogens with zero attached hydrogens (tertiary/aromatic N) is 3. The second-order valence-electron chi connectivity index (χ2n) is 9.80. The summed E-state index contributed by atoms with van der Waals surface area (Å²) in [5.74, 6) is -1.20. The summed E-state index contributed by atoms with van der Waals surface area (Å²) in [7, 11) is 0. The van der Waals surface area contributed by atoms with Crippen LogP contribution in [0, 0.1) is 11.2 Å². The van der Waals surface area contributed by atoms with Crippen molar-refractivity contribution in [2.45, 2.75) is 45.6 Å². The normalized spacial score (nSPS) is 19.4. The third-order valence-corrected chi connectivity index (χ3v) is 6.08. The monoisotopic (exact) mass is 468 g/mol. The fourth-order valence-corrected chi connectivity index (χ4v) is 4.16. The number of β-amino-alcohol motifs (C(OH)–C–C–N with tert-alkyl or cyclic N) is 2. The Hall–Kier alpha value is -3.30. The van der Waals surface area contributed by atoms with Gasteiger partial charge in [-0.1, -0.05) is 51.1 Å². The van der Waals surface area contributed by atoms with Crippen LogP contribution in [-0.2, 0) is 11.3 Å². The highest BCUT2D eigenvalue weighted by atomic mass is 19.1. The second kappa shape index (κ2) is 9.15. The number of likely N-dealkylation sites (tertiary alicyclic amines) is 1. The van der Waals surface area contributed by atoms with Crippen molar-refractivity contribution in [3.63, 3.8) is 0 Å². The number of carbonyl (C=O) groups is 2. The average molecular weight is 469 g/mol. The number of aromatic nitrogens is 2. The molecule has 9 heteroatoms. The molecule has 0 spiro atoms. The fourth-order valence-electron chi connectivity index (χ4n) is 4.16. The van der Waals surface area contributed by atoms with Crippen molar-refractivity contribution in [2.75, 3.05) is 13.1 Å². The van der Waals surface area contributed by atoms with Gasteiger partial charge in [-0.05, 0) is 29.2 Å². The topological polar surface area (TPSA) is 108 Å². The maximum Gasteiger partial charge on any atom is 0.273 e. The molecule has 0 saturated carbocycles. The zero-order chi connectivity index (χ0) is 24.6. The molecule has 180 valence electrons. The molecule has 2 amide bonds. The molecule has 1 aromatic heterocycles. The van der Waals surface area contributed by atoms with Crippen LogP contribution >= 0.6 is 0 Å². The first kappa shape index (κ1) is 23.8. The lowest BCUT2D eigenvalue weighted by Gasteiger charge is -2.33. The molecule has 34 heavy (non-hydrogen) atoms. The molecule has 3 aromatic rings. The van der Waals surface area contributed by atoms with E-state index < -0.39 is 29.6 Å². The molecule has 2 aromatic carbocycles. The number of carbonyl (C=O) groups excluding carboxylic acids is 2. The van der Waals surface area contributed by atoms with Crippen LogP contribution in [0.2, 0.25) is 0 Å². The van der Waals surface area contributed by atoms with Gasteiger partial charge in [0, 0.05) is 18.5 Å². The van der Waals surface area contributed by atoms with E-state index >= 15 is 0 Å². The number of hydrogen-bond donors (Lipinski definition) is 3. The zero-order valence-corrected chi connectivity index (χ0v) is 19.4. The van der Waals surface area contributed by atoms with E-state index in [0.717, 1.165) is 11.1 Å². The molecule has 0 radical (unpaired) electrons. The van der Waals surface area contributed by atoms with Gasteiger partial charge in [0.25, 0.3) is 5.91 Å². The molecule has 0 bridgehead atoms. The van der Waals surface area contributed by atoms with Crippen LogP contribution in [0.15, 0.2) is 48.5 Å². The van der Waals surface area contributed by atoms with Crippen LogP contribution < -0.4 is 5.32 Å². The van der Waals surface area contributed by atoms with Crippen molar-refractivity contribution in [3.05, 3.63) is 65.6 Å². The van der Waals surface area contributed by atoms with E-state index in [0.29, 0.717) is 11.9 Å². The van der Waals surface area contributed by atoms with Crippen LogP contribution in [0.3, 0.4) is 0 Å². The lowest BCUT2D eigenvalue weighted by atomic mass is 9.85. The van der Waals surface area contributed by atoms with E-state index in [1.165, 1.54) is 17.0 Å². The van der Waals surface area contributed by atoms with E-state index in [1.54, 1.807) is 22.9 Å². The van der Waals surface area contributed by atoms with Gasteiger partial charge in [0.05, 0.1) is 24.3 Å². The zero-order valence-electron chi connectivity index (χ0n) is 19.4. The van der Waals surface area contributed by atoms with Crippen molar-refractivity contribution < 1.29 is 24.2 Å². The van der Waals surface area contributed by atoms with Gasteiger partial charge in [-0.25, -0.2) is 4.39 Å². The maximum atomic E-state index is 13.4. The first-order valence-corrected chi connectivity index (χ1v) is 11.2. The van der Waals surface area contributed by atoms with E-state index in [9.17, 15) is 24.2 Å². The summed E-state index contributed by atoms with van der Waals surface area (Å²) < 4.78 is 15.0. The van der Waals surface area contributed by atoms with Gasteiger partial charge in [-0.2, -0.15) is 5.10 Å². The number of halogens is 1. The van der Waals surface area contributed by atoms with Crippen LogP contribution in [0.5, 0.6) is 0 Å². The van der Waals surface area contributed by atoms with Gasteiger partial charge in [-0.15, -0.1) is 0 Å². The van der Waals surface area contributed by atoms with Crippen LogP contribution in [-0.4, -0.2) is 68.0 Å². The molecule has 3 atom stereocenters. The Balaban J connectivity index is 1.62. The molecular weight excluding hydrogens is 439 g/mol. The molecule has 2 heterocycles. The van der Waals surface area contributed by atoms with Gasteiger partial charge in [0.1, 0.15) is 11.9 Å². The van der Waals surface area contributed by atoms with E-state index in [-0.39, 0.29) is 30.5 Å². The molecule has 1 aliphatic heterocycles. The predicted octanol–water partition coefficient (Wildman–Crippen LogP) is 1.93. The molecule has 1 unspecified atom stereocenters. The summed E-state index contributed by atoms with van der Waals surface area (Å²) in [5, 5.41) is 27.7. The number of aliphatic hydroxyl groups is 2. The minimum absolute atomic E-state index is 0.0116. The number of fused-ring (bicyclic) bond motifs is 1. The molecule has 4 rings (SSSR count). The van der Waals surface area contributed by atoms with Crippen molar-refractivity contribution in [1.82, 2.24) is 20.0 Å². The lowest BCUT2D eigenvalue weighted by Crippen LogP contribution is -2.54. The number of benzene rings is 2. The molecule has 3 N–H and O–H groups in total. The van der Waals surface area contributed by atoms with Crippen molar-refractivity contribution in [1.29, 1.82) is 0 Å². The van der Waals surface area contributed by atoms with Crippen molar-refractivity contribution >= 4 is 22.7 Å². The van der Waals surface area contributed by atoms with Gasteiger partial charge in [-0.3, -0.25) is 14.3 Å². The summed E-state index contributed by atoms with van der Waals surface area (Å²) in [6, 6.07) is 12.5. The fraction of sp³-hybridized carbons (Fsp3) is 0.400. The standard InChI is InChI=1S/C25H29FN4O4/c1-25(2,3)22(24(34)29-13-19(31)20(32)14-29)27-23(33)21-17-6-4-5-7-18(17)30(28-21)12-15-8-10-16(26)11-9-15/h4-11,19-20,22,31-32H,12-14H2,1-3H3,(H,27,33)/t19-,20?,22-/m1/s1. The van der Waals surface area contributed by atoms with E-state index in [4.69, 9.17) is 0 Å². The summed E-state index contributed by atoms with van der Waals surface area (Å²) >= 11 is 0. The van der Waals surface area contributed by atoms with Crippen LogP contribution in [0.1, 0.15) is 36.8 Å². The first-order valence-electron chi connectivity index (χ1n) is 11.2. The smallest absolute Gasteiger partial charge is 0.273 e. The number of rotatable bonds is 5. The summed E-state index contributed by atoms with van der Waals surface area (Å²) in [4.78, 5) is 28.0. The van der Waals surface area contributed by atoms with Crippen molar-refractivity contribution in [2.24, 2.45) is 5.41 Å². The van der Waals surface area contributed by atoms with Gasteiger partial charge >= 0.3 is 0 Å². The Bertz CT molecular complexity index is 1190. The molecule has 1 saturated heterocycles. The highest BCUT2D eigenvalue weighted by Gasteiger charge is 2.41. The van der Waals surface area contributed by atoms with E-state index in [1.807, 2.05) is 39.0 Å². The number of amides is 2. The van der Waals surface area contributed by atoms with Crippen molar-refractivity contribution in [3.8, 4) is 0 Å². The Kier molecular flexibility index (Phi) is 6.42. The molecule has 1 fully saturated rings. The van der Waals surface area contributed by atoms with Gasteiger partial charge < -0.3 is 20.4 Å². The minimum atomic E-state index is -1.01. The average Bonchev–Trinajstić information content (AvgIpc) is 3.32. The lowest BCUT2D eigenvalue weighted by molar-refractivity contribution is -0.135. The minimum Gasteiger partial charge on any atom is -0.388 e. The Morgan fingerprint density at radius 1 is 1.09 bits per heavy atom. The highest BCUT2D eigenvalue weighted by Crippen LogP contribution is 2.25. The van der Waals surface area contributed by atoms with Crippen LogP contribution in [0.25, 0.3) is 10.9 Å². The summed E-state index contributed by atoms with van der Waals surface area (Å²) in [6.07, 6.45) is -2.02. The summed E-state index contributed by atoms with van der Waals surface area (Å²) in [6.45, 7) is 5.88. The quantitative estimate of drug-likeness (QED) is 0.531. The van der Waals surface area contributed by atoms with Crippen LogP contribution in [0.4, 0.5) is 4.39 Å².